The van der Waals surface area contributed by atoms with Gasteiger partial charge in [0, 0.05) is 30.7 Å². The molecular weight excluding hydrogens is 502 g/mol. The summed E-state index contributed by atoms with van der Waals surface area (Å²) in [5.41, 5.74) is 1.22. The molecule has 0 amide bonds. The Morgan fingerprint density at radius 1 is 1.08 bits per heavy atom. The van der Waals surface area contributed by atoms with Crippen molar-refractivity contribution in [3.05, 3.63) is 47.4 Å². The van der Waals surface area contributed by atoms with Crippen molar-refractivity contribution in [3.63, 3.8) is 0 Å². The van der Waals surface area contributed by atoms with E-state index in [2.05, 4.69) is 20.6 Å². The molecule has 13 heteroatoms. The van der Waals surface area contributed by atoms with Crippen LogP contribution in [-0.2, 0) is 20.6 Å². The molecule has 3 fully saturated rings. The van der Waals surface area contributed by atoms with Gasteiger partial charge in [0.05, 0.1) is 43.9 Å². The van der Waals surface area contributed by atoms with E-state index in [1.54, 1.807) is 0 Å². The fourth-order valence-corrected chi connectivity index (χ4v) is 5.86. The van der Waals surface area contributed by atoms with Crippen molar-refractivity contribution in [3.8, 4) is 11.3 Å². The fraction of sp³-hybridized carbons (Fsp3) is 0.600. The summed E-state index contributed by atoms with van der Waals surface area (Å²) in [6.07, 6.45) is 2.20. The lowest BCUT2D eigenvalue weighted by Gasteiger charge is -2.52. The van der Waals surface area contributed by atoms with E-state index in [0.29, 0.717) is 17.5 Å². The number of benzene rings is 1. The molecule has 2 aromatic heterocycles. The summed E-state index contributed by atoms with van der Waals surface area (Å²) < 4.78 is 49.1. The number of aliphatic hydroxyl groups is 2. The zero-order chi connectivity index (χ0) is 26.6. The van der Waals surface area contributed by atoms with E-state index >= 15 is 0 Å². The Morgan fingerprint density at radius 2 is 1.84 bits per heavy atom. The highest BCUT2D eigenvalue weighted by molar-refractivity contribution is 5.59. The molecule has 5 atom stereocenters. The van der Waals surface area contributed by atoms with Gasteiger partial charge in [0.2, 0.25) is 0 Å². The van der Waals surface area contributed by atoms with Crippen LogP contribution in [0.3, 0.4) is 0 Å². The van der Waals surface area contributed by atoms with Crippen molar-refractivity contribution in [2.24, 2.45) is 5.41 Å². The summed E-state index contributed by atoms with van der Waals surface area (Å²) in [6.45, 7) is 2.64. The lowest BCUT2D eigenvalue weighted by Crippen LogP contribution is -2.57. The third-order valence-corrected chi connectivity index (χ3v) is 8.10. The summed E-state index contributed by atoms with van der Waals surface area (Å²) in [4.78, 5) is 0. The predicted octanol–water partition coefficient (Wildman–Crippen LogP) is 1.39. The molecule has 1 aromatic carbocycles. The third kappa shape index (κ3) is 4.22. The van der Waals surface area contributed by atoms with Crippen LogP contribution in [0.5, 0.6) is 0 Å². The first kappa shape index (κ1) is 25.4. The average molecular weight is 533 g/mol. The topological polar surface area (TPSA) is 130 Å². The Kier molecular flexibility index (Phi) is 6.51. The maximum atomic E-state index is 14.6. The van der Waals surface area contributed by atoms with Crippen molar-refractivity contribution in [2.45, 2.75) is 62.7 Å². The normalized spacial score (nSPS) is 28.8. The maximum absolute atomic E-state index is 14.6. The Balaban J connectivity index is 1.23. The van der Waals surface area contributed by atoms with E-state index in [1.807, 2.05) is 10.9 Å². The van der Waals surface area contributed by atoms with E-state index in [0.717, 1.165) is 26.1 Å². The van der Waals surface area contributed by atoms with Gasteiger partial charge in [-0.05, 0) is 31.4 Å². The molecule has 1 spiro atoms. The Morgan fingerprint density at radius 3 is 2.53 bits per heavy atom. The van der Waals surface area contributed by atoms with Crippen molar-refractivity contribution >= 4 is 0 Å². The number of hydrogen-bond donors (Lipinski definition) is 2. The number of nitrogens with zero attached hydrogens (tertiary/aromatic N) is 6. The molecule has 2 saturated heterocycles. The molecule has 11 nitrogen and oxygen atoms in total. The summed E-state index contributed by atoms with van der Waals surface area (Å²) in [6, 6.07) is 2.35. The molecule has 1 aliphatic carbocycles. The van der Waals surface area contributed by atoms with Gasteiger partial charge in [-0.25, -0.2) is 18.1 Å². The summed E-state index contributed by atoms with van der Waals surface area (Å²) in [5.74, 6) is -1.98. The van der Waals surface area contributed by atoms with Crippen LogP contribution in [0.1, 0.15) is 36.2 Å². The highest BCUT2D eigenvalue weighted by Gasteiger charge is 2.51. The van der Waals surface area contributed by atoms with E-state index in [4.69, 9.17) is 14.2 Å². The van der Waals surface area contributed by atoms with Crippen LogP contribution >= 0.6 is 0 Å². The molecule has 204 valence electrons. The van der Waals surface area contributed by atoms with Gasteiger partial charge >= 0.3 is 0 Å². The number of methoxy groups -OCH3 is 1. The molecule has 3 aromatic rings. The van der Waals surface area contributed by atoms with Crippen LogP contribution < -0.4 is 0 Å². The molecule has 0 bridgehead atoms. The lowest BCUT2D eigenvalue weighted by molar-refractivity contribution is -0.212. The predicted molar refractivity (Wildman–Crippen MR) is 127 cm³/mol. The second-order valence-corrected chi connectivity index (χ2v) is 10.7. The SMILES string of the molecule is CO[C@@H]1[C@@H](n2cc(-c3ccc(C)c(F)c3F)nn2)[C@@H](O)[C@@H](CO)O[C@@H]1Cc1cn(C2CC3(COC3)C2)nn1. The standard InChI is InChI=1S/C25H30F2N6O5/c1-13-3-4-16(21(27)20(13)26)17-9-33(31-29-17)22-23(35)19(10-34)38-18(24(22)36-2)5-14-8-32(30-28-14)15-6-25(7-15)11-37-12-25/h3-4,8-9,15,18-19,22-24,34-35H,5-7,10-12H2,1-2H3/t18-,19-,22+,23+,24+/m1/s1. The number of halogens is 2. The molecule has 3 aliphatic rings. The molecular formula is C25H30F2N6O5. The molecule has 4 heterocycles. The minimum absolute atomic E-state index is 0.0482. The largest absolute Gasteiger partial charge is 0.394 e. The number of aliphatic hydroxyl groups excluding tert-OH is 2. The number of ether oxygens (including phenoxy) is 3. The summed E-state index contributed by atoms with van der Waals surface area (Å²) in [7, 11) is 1.48. The molecule has 1 saturated carbocycles. The number of aryl methyl sites for hydroxylation is 1. The van der Waals surface area contributed by atoms with Crippen LogP contribution in [-0.4, -0.2) is 91.5 Å². The second kappa shape index (κ2) is 9.72. The van der Waals surface area contributed by atoms with E-state index in [1.165, 1.54) is 37.0 Å². The zero-order valence-corrected chi connectivity index (χ0v) is 21.1. The quantitative estimate of drug-likeness (QED) is 0.464. The Bertz CT molecular complexity index is 1310. The zero-order valence-electron chi connectivity index (χ0n) is 21.1. The van der Waals surface area contributed by atoms with Crippen molar-refractivity contribution < 1.29 is 33.2 Å². The molecule has 6 rings (SSSR count). The van der Waals surface area contributed by atoms with Gasteiger partial charge in [0.25, 0.3) is 0 Å². The lowest BCUT2D eigenvalue weighted by atomic mass is 9.64. The molecule has 2 N–H and O–H groups in total. The van der Waals surface area contributed by atoms with Gasteiger partial charge in [-0.15, -0.1) is 10.2 Å². The highest BCUT2D eigenvalue weighted by atomic mass is 19.2. The van der Waals surface area contributed by atoms with Crippen molar-refractivity contribution in [1.82, 2.24) is 30.0 Å². The second-order valence-electron chi connectivity index (χ2n) is 10.7. The minimum Gasteiger partial charge on any atom is -0.394 e. The molecule has 0 radical (unpaired) electrons. The average Bonchev–Trinajstić information content (AvgIpc) is 3.51. The summed E-state index contributed by atoms with van der Waals surface area (Å²) in [5, 5.41) is 37.7. The van der Waals surface area contributed by atoms with Crippen LogP contribution in [0.25, 0.3) is 11.3 Å². The van der Waals surface area contributed by atoms with Crippen LogP contribution in [0, 0.1) is 24.0 Å². The first-order valence-corrected chi connectivity index (χ1v) is 12.6. The highest BCUT2D eigenvalue weighted by Crippen LogP contribution is 2.52. The Hall–Kier alpha value is -2.84. The van der Waals surface area contributed by atoms with E-state index < -0.39 is 48.7 Å². The monoisotopic (exact) mass is 532 g/mol. The molecule has 38 heavy (non-hydrogen) atoms. The van der Waals surface area contributed by atoms with Gasteiger partial charge in [-0.2, -0.15) is 0 Å². The van der Waals surface area contributed by atoms with Crippen LogP contribution in [0.2, 0.25) is 0 Å². The van der Waals surface area contributed by atoms with Gasteiger partial charge in [-0.1, -0.05) is 16.5 Å². The molecule has 2 aliphatic heterocycles. The first-order valence-electron chi connectivity index (χ1n) is 12.6. The third-order valence-electron chi connectivity index (χ3n) is 8.10. The molecule has 0 unspecified atom stereocenters. The number of hydrogen-bond acceptors (Lipinski definition) is 9. The van der Waals surface area contributed by atoms with Gasteiger partial charge in [0.1, 0.15) is 30.0 Å². The van der Waals surface area contributed by atoms with Crippen LogP contribution in [0.4, 0.5) is 8.78 Å². The van der Waals surface area contributed by atoms with E-state index in [-0.39, 0.29) is 22.9 Å². The first-order chi connectivity index (χ1) is 18.3. The van der Waals surface area contributed by atoms with Gasteiger partial charge in [0.15, 0.2) is 11.6 Å². The number of rotatable bonds is 7. The van der Waals surface area contributed by atoms with Gasteiger partial charge in [-0.3, -0.25) is 0 Å². The van der Waals surface area contributed by atoms with Gasteiger partial charge < -0.3 is 24.4 Å². The Labute approximate surface area is 217 Å². The maximum Gasteiger partial charge on any atom is 0.168 e. The van der Waals surface area contributed by atoms with Crippen molar-refractivity contribution in [1.29, 1.82) is 0 Å². The van der Waals surface area contributed by atoms with Crippen LogP contribution in [0.15, 0.2) is 24.5 Å². The summed E-state index contributed by atoms with van der Waals surface area (Å²) >= 11 is 0. The minimum atomic E-state index is -1.21. The number of aromatic nitrogens is 6. The van der Waals surface area contributed by atoms with E-state index in [9.17, 15) is 19.0 Å². The smallest absolute Gasteiger partial charge is 0.168 e. The fourth-order valence-electron chi connectivity index (χ4n) is 5.86. The van der Waals surface area contributed by atoms with Crippen molar-refractivity contribution in [2.75, 3.05) is 26.9 Å².